The van der Waals surface area contributed by atoms with Crippen LogP contribution < -0.4 is 4.90 Å². The van der Waals surface area contributed by atoms with Crippen LogP contribution in [0.25, 0.3) is 0 Å². The van der Waals surface area contributed by atoms with E-state index in [4.69, 9.17) is 12.2 Å². The van der Waals surface area contributed by atoms with Gasteiger partial charge in [-0.2, -0.15) is 0 Å². The van der Waals surface area contributed by atoms with Crippen molar-refractivity contribution < 1.29 is 8.42 Å². The molecule has 21 heavy (non-hydrogen) atoms. The molecule has 1 unspecified atom stereocenters. The summed E-state index contributed by atoms with van der Waals surface area (Å²) < 4.78 is 26.3. The smallest absolute Gasteiger partial charge is 0.226 e. The molecule has 1 saturated heterocycles. The highest BCUT2D eigenvalue weighted by atomic mass is 32.2. The Morgan fingerprint density at radius 1 is 1.29 bits per heavy atom. The largest absolute Gasteiger partial charge is 0.336 e. The summed E-state index contributed by atoms with van der Waals surface area (Å²) in [6, 6.07) is 0.335. The molecule has 1 aliphatic carbocycles. The zero-order valence-corrected chi connectivity index (χ0v) is 13.9. The zero-order chi connectivity index (χ0) is 15.0. The van der Waals surface area contributed by atoms with E-state index < -0.39 is 9.84 Å². The Bertz CT molecular complexity index is 658. The van der Waals surface area contributed by atoms with Crippen molar-refractivity contribution in [3.63, 3.8) is 0 Å². The van der Waals surface area contributed by atoms with Crippen molar-refractivity contribution in [3.05, 3.63) is 4.77 Å². The highest BCUT2D eigenvalue weighted by Crippen LogP contribution is 2.32. The minimum atomic E-state index is -2.92. The Balaban J connectivity index is 1.91. The molecule has 1 atom stereocenters. The lowest BCUT2D eigenvalue weighted by molar-refractivity contribution is 0.349. The monoisotopic (exact) mass is 330 g/mol. The number of aromatic nitrogens is 3. The number of H-pyrrole nitrogens is 1. The second kappa shape index (κ2) is 5.72. The summed E-state index contributed by atoms with van der Waals surface area (Å²) in [6.07, 6.45) is 5.99. The lowest BCUT2D eigenvalue weighted by Crippen LogP contribution is -2.48. The summed E-state index contributed by atoms with van der Waals surface area (Å²) >= 11 is 5.41. The first-order valence-electron chi connectivity index (χ1n) is 7.62. The number of hydrogen-bond acceptors (Lipinski definition) is 5. The molecule has 1 saturated carbocycles. The van der Waals surface area contributed by atoms with E-state index in [1.54, 1.807) is 0 Å². The van der Waals surface area contributed by atoms with Crippen LogP contribution in [-0.2, 0) is 9.84 Å². The molecule has 1 aromatic heterocycles. The highest BCUT2D eigenvalue weighted by molar-refractivity contribution is 7.91. The first kappa shape index (κ1) is 15.0. The second-order valence-corrected chi connectivity index (χ2v) is 8.76. The van der Waals surface area contributed by atoms with E-state index in [9.17, 15) is 8.42 Å². The number of nitrogens with one attached hydrogen (secondary N) is 1. The van der Waals surface area contributed by atoms with E-state index in [1.807, 2.05) is 6.92 Å². The average Bonchev–Trinajstić information content (AvgIpc) is 2.80. The molecule has 2 aliphatic rings. The molecule has 2 heterocycles. The van der Waals surface area contributed by atoms with Gasteiger partial charge in [-0.3, -0.25) is 4.57 Å². The molecule has 0 bridgehead atoms. The molecule has 6 nitrogen and oxygen atoms in total. The fourth-order valence-corrected chi connectivity index (χ4v) is 5.30. The molecule has 118 valence electrons. The van der Waals surface area contributed by atoms with E-state index in [0.29, 0.717) is 17.4 Å². The number of sulfone groups is 1. The second-order valence-electron chi connectivity index (χ2n) is 6.15. The van der Waals surface area contributed by atoms with Gasteiger partial charge in [0.2, 0.25) is 5.95 Å². The van der Waals surface area contributed by atoms with Gasteiger partial charge in [-0.15, -0.1) is 5.10 Å². The Morgan fingerprint density at radius 2 is 2.00 bits per heavy atom. The molecule has 1 aromatic rings. The van der Waals surface area contributed by atoms with Gasteiger partial charge in [0.1, 0.15) is 0 Å². The first-order chi connectivity index (χ1) is 9.98. The van der Waals surface area contributed by atoms with E-state index >= 15 is 0 Å². The van der Waals surface area contributed by atoms with Crippen LogP contribution in [0.2, 0.25) is 0 Å². The average molecular weight is 330 g/mol. The Labute approximate surface area is 130 Å². The van der Waals surface area contributed by atoms with Crippen LogP contribution in [0.15, 0.2) is 0 Å². The van der Waals surface area contributed by atoms with Gasteiger partial charge < -0.3 is 4.90 Å². The number of rotatable bonds is 2. The summed E-state index contributed by atoms with van der Waals surface area (Å²) in [4.78, 5) is 2.09. The summed E-state index contributed by atoms with van der Waals surface area (Å²) in [5.74, 6) is 1.20. The summed E-state index contributed by atoms with van der Waals surface area (Å²) in [5, 5.41) is 7.29. The lowest BCUT2D eigenvalue weighted by Gasteiger charge is -2.35. The van der Waals surface area contributed by atoms with E-state index in [0.717, 1.165) is 18.8 Å². The predicted molar refractivity (Wildman–Crippen MR) is 85.0 cm³/mol. The quantitative estimate of drug-likeness (QED) is 0.841. The maximum atomic E-state index is 11.7. The molecular formula is C13H22N4O2S2. The highest BCUT2D eigenvalue weighted by Gasteiger charge is 2.32. The van der Waals surface area contributed by atoms with Crippen LogP contribution >= 0.6 is 12.2 Å². The third kappa shape index (κ3) is 3.01. The van der Waals surface area contributed by atoms with Crippen molar-refractivity contribution in [2.45, 2.75) is 51.1 Å². The van der Waals surface area contributed by atoms with Crippen molar-refractivity contribution >= 4 is 28.0 Å². The van der Waals surface area contributed by atoms with Gasteiger partial charge in [-0.05, 0) is 32.0 Å². The van der Waals surface area contributed by atoms with Crippen LogP contribution in [0.5, 0.6) is 0 Å². The Morgan fingerprint density at radius 3 is 2.67 bits per heavy atom. The van der Waals surface area contributed by atoms with Gasteiger partial charge in [0, 0.05) is 18.6 Å². The molecule has 0 radical (unpaired) electrons. The molecule has 8 heteroatoms. The number of aromatic amines is 1. The maximum absolute atomic E-state index is 11.7. The van der Waals surface area contributed by atoms with Gasteiger partial charge >= 0.3 is 0 Å². The standard InChI is InChI=1S/C13H22N4O2S2/c1-10-9-21(18,19)8-7-16(10)12-14-15-13(20)17(12)11-5-3-2-4-6-11/h10-11H,2-9H2,1H3,(H,15,20). The molecule has 0 spiro atoms. The normalized spacial score (nSPS) is 26.9. The number of nitrogens with zero attached hydrogens (tertiary/aromatic N) is 3. The SMILES string of the molecule is CC1CS(=O)(=O)CCN1c1n[nH]c(=S)n1C1CCCCC1. The topological polar surface area (TPSA) is 71.0 Å². The van der Waals surface area contributed by atoms with Gasteiger partial charge in [0.05, 0.1) is 11.5 Å². The van der Waals surface area contributed by atoms with E-state index in [2.05, 4.69) is 19.7 Å². The minimum Gasteiger partial charge on any atom is -0.336 e. The van der Waals surface area contributed by atoms with Crippen LogP contribution in [0.3, 0.4) is 0 Å². The molecule has 0 amide bonds. The first-order valence-corrected chi connectivity index (χ1v) is 9.85. The van der Waals surface area contributed by atoms with Crippen LogP contribution in [0.4, 0.5) is 5.95 Å². The molecule has 3 rings (SSSR count). The van der Waals surface area contributed by atoms with Crippen LogP contribution in [0, 0.1) is 4.77 Å². The van der Waals surface area contributed by atoms with Crippen molar-refractivity contribution in [3.8, 4) is 0 Å². The van der Waals surface area contributed by atoms with E-state index in [-0.39, 0.29) is 17.5 Å². The number of hydrogen-bond donors (Lipinski definition) is 1. The third-order valence-electron chi connectivity index (χ3n) is 4.55. The number of anilines is 1. The maximum Gasteiger partial charge on any atom is 0.226 e. The van der Waals surface area contributed by atoms with Crippen LogP contribution in [0.1, 0.15) is 45.1 Å². The van der Waals surface area contributed by atoms with Crippen molar-refractivity contribution in [2.24, 2.45) is 0 Å². The predicted octanol–water partition coefficient (Wildman–Crippen LogP) is 2.07. The summed E-state index contributed by atoms with van der Waals surface area (Å²) in [7, 11) is -2.92. The van der Waals surface area contributed by atoms with Crippen LogP contribution in [-0.4, -0.2) is 47.3 Å². The van der Waals surface area contributed by atoms with E-state index in [1.165, 1.54) is 19.3 Å². The molecular weight excluding hydrogens is 308 g/mol. The van der Waals surface area contributed by atoms with Crippen molar-refractivity contribution in [1.29, 1.82) is 0 Å². The summed E-state index contributed by atoms with van der Waals surface area (Å²) in [6.45, 7) is 2.44. The minimum absolute atomic E-state index is 0.0590. The van der Waals surface area contributed by atoms with Crippen molar-refractivity contribution in [2.75, 3.05) is 23.0 Å². The zero-order valence-electron chi connectivity index (χ0n) is 12.3. The molecule has 1 aliphatic heterocycles. The fourth-order valence-electron chi connectivity index (χ4n) is 3.46. The fraction of sp³-hybridized carbons (Fsp3) is 0.846. The van der Waals surface area contributed by atoms with Crippen molar-refractivity contribution in [1.82, 2.24) is 14.8 Å². The summed E-state index contributed by atoms with van der Waals surface area (Å²) in [5.41, 5.74) is 0. The Kier molecular flexibility index (Phi) is 4.09. The third-order valence-corrected chi connectivity index (χ3v) is 6.64. The van der Waals surface area contributed by atoms with Gasteiger partial charge in [0.25, 0.3) is 0 Å². The molecule has 0 aromatic carbocycles. The van der Waals surface area contributed by atoms with Gasteiger partial charge in [0.15, 0.2) is 14.6 Å². The molecule has 2 fully saturated rings. The van der Waals surface area contributed by atoms with Gasteiger partial charge in [-0.25, -0.2) is 13.5 Å². The molecule has 1 N–H and O–H groups in total. The Hall–Kier alpha value is -0.890. The van der Waals surface area contributed by atoms with Gasteiger partial charge in [-0.1, -0.05) is 19.3 Å². The lowest BCUT2D eigenvalue weighted by atomic mass is 9.95.